The fourth-order valence-electron chi connectivity index (χ4n) is 2.96. The van der Waals surface area contributed by atoms with Crippen LogP contribution in [-0.2, 0) is 20.4 Å². The number of ether oxygens (including phenoxy) is 2. The molecule has 32 heavy (non-hydrogen) atoms. The smallest absolute Gasteiger partial charge is 0.309 e. The van der Waals surface area contributed by atoms with E-state index in [4.69, 9.17) is 13.9 Å². The third kappa shape index (κ3) is 8.08. The quantitative estimate of drug-likeness (QED) is 0.355. The molecule has 0 radical (unpaired) electrons. The van der Waals surface area contributed by atoms with Gasteiger partial charge < -0.3 is 19.2 Å². The molecule has 0 saturated heterocycles. The number of carbonyl (C=O) groups excluding carboxylic acids is 1. The second-order valence-electron chi connectivity index (χ2n) is 9.79. The van der Waals surface area contributed by atoms with Gasteiger partial charge >= 0.3 is 5.97 Å². The van der Waals surface area contributed by atoms with E-state index in [0.29, 0.717) is 6.61 Å². The number of hydrogen-bond donors (Lipinski definition) is 1. The van der Waals surface area contributed by atoms with Crippen LogP contribution in [0.15, 0.2) is 54.6 Å². The summed E-state index contributed by atoms with van der Waals surface area (Å²) < 4.78 is 17.4. The third-order valence-electron chi connectivity index (χ3n) is 6.07. The van der Waals surface area contributed by atoms with E-state index in [1.807, 2.05) is 30.3 Å². The Morgan fingerprint density at radius 1 is 1.03 bits per heavy atom. The van der Waals surface area contributed by atoms with Crippen molar-refractivity contribution < 1.29 is 18.7 Å². The standard InChI is InChI=1S/C26H39NO4Si/c1-20(19-30-23-15-13-21(14-16-23)17-25(28)29-5)27-18-24(22-11-9-8-10-12-22)31-32(6,7)26(2,3)4/h8-16,20,24,27H,17-19H2,1-7H3/t20-,24+/m1/s1. The zero-order chi connectivity index (χ0) is 23.8. The summed E-state index contributed by atoms with van der Waals surface area (Å²) in [6, 6.07) is 18.1. The highest BCUT2D eigenvalue weighted by Crippen LogP contribution is 2.39. The predicted octanol–water partition coefficient (Wildman–Crippen LogP) is 5.52. The first-order valence-electron chi connectivity index (χ1n) is 11.3. The summed E-state index contributed by atoms with van der Waals surface area (Å²) in [5, 5.41) is 3.73. The number of rotatable bonds is 11. The van der Waals surface area contributed by atoms with Gasteiger partial charge in [0.2, 0.25) is 0 Å². The molecule has 2 aromatic carbocycles. The molecule has 0 aliphatic rings. The first kappa shape index (κ1) is 26.1. The highest BCUT2D eigenvalue weighted by Gasteiger charge is 2.39. The molecule has 0 bridgehead atoms. The van der Waals surface area contributed by atoms with Gasteiger partial charge in [-0.15, -0.1) is 0 Å². The van der Waals surface area contributed by atoms with Crippen molar-refractivity contribution >= 4 is 14.3 Å². The van der Waals surface area contributed by atoms with Crippen LogP contribution < -0.4 is 10.1 Å². The van der Waals surface area contributed by atoms with E-state index in [1.54, 1.807) is 0 Å². The maximum Gasteiger partial charge on any atom is 0.309 e. The molecule has 6 heteroatoms. The van der Waals surface area contributed by atoms with Crippen molar-refractivity contribution in [3.63, 3.8) is 0 Å². The molecule has 0 aromatic heterocycles. The summed E-state index contributed by atoms with van der Waals surface area (Å²) in [6.45, 7) is 14.8. The zero-order valence-electron chi connectivity index (χ0n) is 20.6. The summed E-state index contributed by atoms with van der Waals surface area (Å²) in [4.78, 5) is 11.4. The maximum absolute atomic E-state index is 11.4. The molecule has 5 nitrogen and oxygen atoms in total. The van der Waals surface area contributed by atoms with Crippen molar-refractivity contribution in [2.75, 3.05) is 20.3 Å². The molecule has 2 rings (SSSR count). The predicted molar refractivity (Wildman–Crippen MR) is 133 cm³/mol. The fraction of sp³-hybridized carbons (Fsp3) is 0.500. The Bertz CT molecular complexity index is 831. The van der Waals surface area contributed by atoms with Crippen LogP contribution in [0.2, 0.25) is 18.1 Å². The first-order chi connectivity index (χ1) is 15.0. The average Bonchev–Trinajstić information content (AvgIpc) is 2.75. The average molecular weight is 458 g/mol. The molecule has 0 unspecified atom stereocenters. The van der Waals surface area contributed by atoms with Crippen LogP contribution in [0.4, 0.5) is 0 Å². The Labute approximate surface area is 194 Å². The van der Waals surface area contributed by atoms with Crippen LogP contribution in [-0.4, -0.2) is 40.6 Å². The highest BCUT2D eigenvalue weighted by atomic mass is 28.4. The van der Waals surface area contributed by atoms with Gasteiger partial charge in [-0.05, 0) is 48.3 Å². The molecule has 0 amide bonds. The normalized spacial score (nSPS) is 14.0. The lowest BCUT2D eigenvalue weighted by atomic mass is 10.1. The molecular weight excluding hydrogens is 418 g/mol. The molecule has 0 fully saturated rings. The van der Waals surface area contributed by atoms with Gasteiger partial charge in [0.05, 0.1) is 19.6 Å². The second kappa shape index (κ2) is 11.6. The van der Waals surface area contributed by atoms with Gasteiger partial charge in [0.15, 0.2) is 8.32 Å². The molecule has 2 aromatic rings. The van der Waals surface area contributed by atoms with Crippen molar-refractivity contribution in [3.8, 4) is 5.75 Å². The number of hydrogen-bond acceptors (Lipinski definition) is 5. The minimum atomic E-state index is -1.92. The van der Waals surface area contributed by atoms with Gasteiger partial charge in [0.25, 0.3) is 0 Å². The van der Waals surface area contributed by atoms with E-state index < -0.39 is 8.32 Å². The molecule has 2 atom stereocenters. The van der Waals surface area contributed by atoms with E-state index in [1.165, 1.54) is 12.7 Å². The molecular formula is C26H39NO4Si. The van der Waals surface area contributed by atoms with Crippen molar-refractivity contribution in [2.45, 2.75) is 64.4 Å². The van der Waals surface area contributed by atoms with E-state index in [-0.39, 0.29) is 29.6 Å². The Morgan fingerprint density at radius 3 is 2.22 bits per heavy atom. The van der Waals surface area contributed by atoms with Gasteiger partial charge in [-0.3, -0.25) is 4.79 Å². The van der Waals surface area contributed by atoms with Gasteiger partial charge in [-0.1, -0.05) is 63.2 Å². The van der Waals surface area contributed by atoms with E-state index in [9.17, 15) is 4.79 Å². The molecule has 0 heterocycles. The first-order valence-corrected chi connectivity index (χ1v) is 14.2. The largest absolute Gasteiger partial charge is 0.492 e. The summed E-state index contributed by atoms with van der Waals surface area (Å²) in [5.74, 6) is 0.536. The number of nitrogens with one attached hydrogen (secondary N) is 1. The number of esters is 1. The minimum absolute atomic E-state index is 0.00264. The lowest BCUT2D eigenvalue weighted by Crippen LogP contribution is -2.44. The molecule has 0 spiro atoms. The summed E-state index contributed by atoms with van der Waals surface area (Å²) in [6.07, 6.45) is 0.265. The Balaban J connectivity index is 1.92. The van der Waals surface area contributed by atoms with E-state index in [2.05, 4.69) is 70.4 Å². The molecule has 0 aliphatic heterocycles. The topological polar surface area (TPSA) is 56.8 Å². The van der Waals surface area contributed by atoms with E-state index >= 15 is 0 Å². The van der Waals surface area contributed by atoms with Crippen LogP contribution in [0.3, 0.4) is 0 Å². The number of carbonyl (C=O) groups is 1. The molecule has 176 valence electrons. The van der Waals surface area contributed by atoms with Crippen LogP contribution in [0.5, 0.6) is 5.75 Å². The van der Waals surface area contributed by atoms with Crippen molar-refractivity contribution in [3.05, 3.63) is 65.7 Å². The minimum Gasteiger partial charge on any atom is -0.492 e. The molecule has 1 N–H and O–H groups in total. The highest BCUT2D eigenvalue weighted by molar-refractivity contribution is 6.74. The molecule has 0 aliphatic carbocycles. The van der Waals surface area contributed by atoms with Crippen LogP contribution in [0.1, 0.15) is 44.9 Å². The van der Waals surface area contributed by atoms with Crippen molar-refractivity contribution in [1.82, 2.24) is 5.32 Å². The second-order valence-corrected chi connectivity index (χ2v) is 14.6. The van der Waals surface area contributed by atoms with Crippen LogP contribution in [0, 0.1) is 0 Å². The van der Waals surface area contributed by atoms with Crippen molar-refractivity contribution in [1.29, 1.82) is 0 Å². The summed E-state index contributed by atoms with van der Waals surface area (Å²) >= 11 is 0. The lowest BCUT2D eigenvalue weighted by Gasteiger charge is -2.39. The Hall–Kier alpha value is -2.15. The summed E-state index contributed by atoms with van der Waals surface area (Å²) in [5.41, 5.74) is 2.10. The third-order valence-corrected chi connectivity index (χ3v) is 10.6. The van der Waals surface area contributed by atoms with Gasteiger partial charge in [-0.2, -0.15) is 0 Å². The Morgan fingerprint density at radius 2 is 1.66 bits per heavy atom. The fourth-order valence-corrected chi connectivity index (χ4v) is 4.24. The lowest BCUT2D eigenvalue weighted by molar-refractivity contribution is -0.139. The van der Waals surface area contributed by atoms with Crippen LogP contribution in [0.25, 0.3) is 0 Å². The summed E-state index contributed by atoms with van der Waals surface area (Å²) in [7, 11) is -0.521. The van der Waals surface area contributed by atoms with Gasteiger partial charge in [0.1, 0.15) is 12.4 Å². The zero-order valence-corrected chi connectivity index (χ0v) is 21.6. The van der Waals surface area contributed by atoms with Crippen LogP contribution >= 0.6 is 0 Å². The van der Waals surface area contributed by atoms with Gasteiger partial charge in [-0.25, -0.2) is 0 Å². The monoisotopic (exact) mass is 457 g/mol. The maximum atomic E-state index is 11.4. The number of benzene rings is 2. The van der Waals surface area contributed by atoms with Crippen molar-refractivity contribution in [2.24, 2.45) is 0 Å². The SMILES string of the molecule is COC(=O)Cc1ccc(OC[C@@H](C)NC[C@H](O[Si](C)(C)C(C)(C)C)c2ccccc2)cc1. The molecule has 0 saturated carbocycles. The number of methoxy groups -OCH3 is 1. The van der Waals surface area contributed by atoms with Gasteiger partial charge in [0, 0.05) is 12.6 Å². The van der Waals surface area contributed by atoms with E-state index in [0.717, 1.165) is 17.9 Å². The Kier molecular flexibility index (Phi) is 9.49.